The van der Waals surface area contributed by atoms with Crippen molar-refractivity contribution in [3.05, 3.63) is 126 Å². The highest BCUT2D eigenvalue weighted by molar-refractivity contribution is 9.10. The number of hydrazone groups is 1. The van der Waals surface area contributed by atoms with E-state index in [1.165, 1.54) is 12.3 Å². The van der Waals surface area contributed by atoms with Gasteiger partial charge in [0.25, 0.3) is 11.6 Å². The average molecular weight is 635 g/mol. The SMILES string of the molecule is CCOc1cc(C(=O)N/N=C/c2ccc(Oc3ccc([N+](=O)[O-])cc3[N+](=O)[O-])c(Br)c2)ccc1OCc1ccccc1. The van der Waals surface area contributed by atoms with E-state index < -0.39 is 27.1 Å². The third kappa shape index (κ3) is 7.67. The molecule has 12 nitrogen and oxygen atoms in total. The lowest BCUT2D eigenvalue weighted by Gasteiger charge is -2.13. The van der Waals surface area contributed by atoms with Crippen LogP contribution in [0.1, 0.15) is 28.4 Å². The zero-order valence-corrected chi connectivity index (χ0v) is 23.6. The monoisotopic (exact) mass is 634 g/mol. The fourth-order valence-electron chi connectivity index (χ4n) is 3.65. The number of nitrogens with zero attached hydrogens (tertiary/aromatic N) is 3. The number of nitro benzene ring substituents is 2. The van der Waals surface area contributed by atoms with Crippen LogP contribution >= 0.6 is 15.9 Å². The van der Waals surface area contributed by atoms with Crippen molar-refractivity contribution in [2.45, 2.75) is 13.5 Å². The van der Waals surface area contributed by atoms with Crippen molar-refractivity contribution in [2.24, 2.45) is 5.10 Å². The molecule has 4 aromatic carbocycles. The minimum atomic E-state index is -0.761. The van der Waals surface area contributed by atoms with E-state index in [4.69, 9.17) is 14.2 Å². The van der Waals surface area contributed by atoms with Crippen LogP contribution in [-0.2, 0) is 6.61 Å². The first-order valence-corrected chi connectivity index (χ1v) is 13.2. The molecule has 0 saturated carbocycles. The van der Waals surface area contributed by atoms with E-state index in [0.717, 1.165) is 23.8 Å². The summed E-state index contributed by atoms with van der Waals surface area (Å²) in [7, 11) is 0. The maximum atomic E-state index is 12.7. The lowest BCUT2D eigenvalue weighted by atomic mass is 10.2. The third-order valence-electron chi connectivity index (χ3n) is 5.65. The van der Waals surface area contributed by atoms with Crippen LogP contribution in [0.4, 0.5) is 11.4 Å². The van der Waals surface area contributed by atoms with Crippen LogP contribution < -0.4 is 19.6 Å². The van der Waals surface area contributed by atoms with Gasteiger partial charge in [-0.2, -0.15) is 5.10 Å². The Balaban J connectivity index is 1.41. The normalized spacial score (nSPS) is 10.7. The number of carbonyl (C=O) groups is 1. The van der Waals surface area contributed by atoms with E-state index in [9.17, 15) is 25.0 Å². The Labute approximate surface area is 248 Å². The molecule has 0 aromatic heterocycles. The number of carbonyl (C=O) groups excluding carboxylic acids is 1. The maximum absolute atomic E-state index is 12.7. The summed E-state index contributed by atoms with van der Waals surface area (Å²) in [4.78, 5) is 33.6. The number of halogens is 1. The second-order valence-electron chi connectivity index (χ2n) is 8.53. The van der Waals surface area contributed by atoms with E-state index in [1.807, 2.05) is 37.3 Å². The Hall–Kier alpha value is -5.30. The minimum Gasteiger partial charge on any atom is -0.490 e. The highest BCUT2D eigenvalue weighted by Crippen LogP contribution is 2.37. The maximum Gasteiger partial charge on any atom is 0.318 e. The van der Waals surface area contributed by atoms with Gasteiger partial charge in [0, 0.05) is 11.6 Å². The highest BCUT2D eigenvalue weighted by Gasteiger charge is 2.22. The summed E-state index contributed by atoms with van der Waals surface area (Å²) in [5.74, 6) is 0.533. The molecule has 214 valence electrons. The van der Waals surface area contributed by atoms with Gasteiger partial charge in [0.05, 0.1) is 33.2 Å². The lowest BCUT2D eigenvalue weighted by Crippen LogP contribution is -2.17. The number of ether oxygens (including phenoxy) is 3. The Morgan fingerprint density at radius 2 is 1.62 bits per heavy atom. The standard InChI is InChI=1S/C29H23BrN4O8/c1-2-40-28-15-21(9-12-27(28)41-18-19-6-4-3-5-7-19)29(35)32-31-17-20-8-11-25(23(30)14-20)42-26-13-10-22(33(36)37)16-24(26)34(38)39/h3-17H,2,18H2,1H3,(H,32,35)/b31-17+. The molecule has 4 aromatic rings. The van der Waals surface area contributed by atoms with E-state index in [1.54, 1.807) is 30.3 Å². The molecule has 42 heavy (non-hydrogen) atoms. The molecule has 0 aliphatic heterocycles. The van der Waals surface area contributed by atoms with Crippen LogP contribution in [0.3, 0.4) is 0 Å². The van der Waals surface area contributed by atoms with Crippen molar-refractivity contribution in [2.75, 3.05) is 6.61 Å². The van der Waals surface area contributed by atoms with Crippen molar-refractivity contribution in [1.29, 1.82) is 0 Å². The third-order valence-corrected chi connectivity index (χ3v) is 6.27. The van der Waals surface area contributed by atoms with Gasteiger partial charge >= 0.3 is 5.69 Å². The summed E-state index contributed by atoms with van der Waals surface area (Å²) in [5, 5.41) is 26.3. The number of nitrogens with one attached hydrogen (secondary N) is 1. The van der Waals surface area contributed by atoms with Gasteiger partial charge in [-0.15, -0.1) is 0 Å². The van der Waals surface area contributed by atoms with E-state index >= 15 is 0 Å². The predicted octanol–water partition coefficient (Wildman–Crippen LogP) is 6.80. The smallest absolute Gasteiger partial charge is 0.318 e. The van der Waals surface area contributed by atoms with Crippen molar-refractivity contribution >= 4 is 39.4 Å². The molecule has 0 fully saturated rings. The molecule has 4 rings (SSSR count). The predicted molar refractivity (Wildman–Crippen MR) is 157 cm³/mol. The van der Waals surface area contributed by atoms with E-state index in [0.29, 0.717) is 40.3 Å². The molecule has 1 N–H and O–H groups in total. The van der Waals surface area contributed by atoms with E-state index in [2.05, 4.69) is 26.5 Å². The Kier molecular flexibility index (Phi) is 9.79. The van der Waals surface area contributed by atoms with Crippen molar-refractivity contribution in [3.63, 3.8) is 0 Å². The zero-order chi connectivity index (χ0) is 30.1. The van der Waals surface area contributed by atoms with Crippen LogP contribution in [0.2, 0.25) is 0 Å². The molecule has 0 heterocycles. The lowest BCUT2D eigenvalue weighted by molar-refractivity contribution is -0.394. The van der Waals surface area contributed by atoms with Crippen LogP contribution in [0.25, 0.3) is 0 Å². The van der Waals surface area contributed by atoms with Gasteiger partial charge < -0.3 is 14.2 Å². The summed E-state index contributed by atoms with van der Waals surface area (Å²) < 4.78 is 17.6. The second-order valence-corrected chi connectivity index (χ2v) is 9.38. The molecule has 0 unspecified atom stereocenters. The van der Waals surface area contributed by atoms with Crippen LogP contribution in [0.5, 0.6) is 23.0 Å². The number of hydrogen-bond acceptors (Lipinski definition) is 9. The van der Waals surface area contributed by atoms with Gasteiger partial charge in [-0.3, -0.25) is 25.0 Å². The quantitative estimate of drug-likeness (QED) is 0.101. The molecule has 1 amide bonds. The molecule has 0 atom stereocenters. The number of hydrogen-bond donors (Lipinski definition) is 1. The summed E-state index contributed by atoms with van der Waals surface area (Å²) in [5.41, 5.74) is 3.37. The van der Waals surface area contributed by atoms with Gasteiger partial charge in [-0.05, 0) is 76.4 Å². The molecule has 0 saturated heterocycles. The molecule has 0 aliphatic rings. The van der Waals surface area contributed by atoms with Gasteiger partial charge in [0.15, 0.2) is 11.5 Å². The second kappa shape index (κ2) is 13.9. The van der Waals surface area contributed by atoms with Gasteiger partial charge in [0.2, 0.25) is 5.75 Å². The van der Waals surface area contributed by atoms with Gasteiger partial charge in [0.1, 0.15) is 12.4 Å². The summed E-state index contributed by atoms with van der Waals surface area (Å²) in [6.07, 6.45) is 1.40. The summed E-state index contributed by atoms with van der Waals surface area (Å²) >= 11 is 3.34. The van der Waals surface area contributed by atoms with Gasteiger partial charge in [-0.25, -0.2) is 5.43 Å². The summed E-state index contributed by atoms with van der Waals surface area (Å²) in [6.45, 7) is 2.57. The molecule has 0 radical (unpaired) electrons. The van der Waals surface area contributed by atoms with E-state index in [-0.39, 0.29) is 11.5 Å². The Morgan fingerprint density at radius 1 is 0.881 bits per heavy atom. The molecule has 13 heteroatoms. The van der Waals surface area contributed by atoms with Gasteiger partial charge in [-0.1, -0.05) is 30.3 Å². The number of amides is 1. The minimum absolute atomic E-state index is 0.164. The van der Waals surface area contributed by atoms with Crippen LogP contribution in [0, 0.1) is 20.2 Å². The average Bonchev–Trinajstić information content (AvgIpc) is 2.98. The first-order chi connectivity index (χ1) is 20.2. The number of rotatable bonds is 12. The first kappa shape index (κ1) is 29.7. The van der Waals surface area contributed by atoms with Crippen LogP contribution in [0.15, 0.2) is 94.5 Å². The van der Waals surface area contributed by atoms with Crippen molar-refractivity contribution in [3.8, 4) is 23.0 Å². The fourth-order valence-corrected chi connectivity index (χ4v) is 4.13. The largest absolute Gasteiger partial charge is 0.490 e. The van der Waals surface area contributed by atoms with Crippen molar-refractivity contribution in [1.82, 2.24) is 5.43 Å². The topological polar surface area (TPSA) is 155 Å². The highest BCUT2D eigenvalue weighted by atomic mass is 79.9. The van der Waals surface area contributed by atoms with Crippen molar-refractivity contribution < 1.29 is 28.9 Å². The molecule has 0 bridgehead atoms. The molecule has 0 aliphatic carbocycles. The molecular formula is C29H23BrN4O8. The fraction of sp³-hybridized carbons (Fsp3) is 0.103. The zero-order valence-electron chi connectivity index (χ0n) is 22.1. The number of non-ortho nitro benzene ring substituents is 1. The van der Waals surface area contributed by atoms with Crippen LogP contribution in [-0.4, -0.2) is 28.6 Å². The molecular weight excluding hydrogens is 612 g/mol. The number of nitro groups is 2. The Morgan fingerprint density at radius 3 is 2.31 bits per heavy atom. The number of benzene rings is 4. The molecule has 0 spiro atoms. The first-order valence-electron chi connectivity index (χ1n) is 12.4. The Bertz CT molecular complexity index is 1650. The summed E-state index contributed by atoms with van der Waals surface area (Å²) in [6, 6.07) is 22.4.